The van der Waals surface area contributed by atoms with Crippen LogP contribution in [0.4, 0.5) is 9.18 Å². The molecule has 0 aromatic heterocycles. The zero-order valence-corrected chi connectivity index (χ0v) is 14.1. The molecule has 1 aliphatic rings. The quantitative estimate of drug-likeness (QED) is 0.623. The van der Waals surface area contributed by atoms with Crippen molar-refractivity contribution in [1.82, 2.24) is 10.6 Å². The highest BCUT2D eigenvalue weighted by atomic mass is 35.6. The number of rotatable bonds is 3. The van der Waals surface area contributed by atoms with E-state index in [4.69, 9.17) is 39.5 Å². The van der Waals surface area contributed by atoms with Gasteiger partial charge in [-0.2, -0.15) is 0 Å². The molecule has 2 rings (SSSR count). The van der Waals surface area contributed by atoms with Crippen molar-refractivity contribution in [3.63, 3.8) is 0 Å². The number of ether oxygens (including phenoxy) is 1. The van der Waals surface area contributed by atoms with Gasteiger partial charge in [-0.25, -0.2) is 14.0 Å². The van der Waals surface area contributed by atoms with Crippen LogP contribution in [0.5, 0.6) is 0 Å². The molecule has 124 valence electrons. The molecule has 0 radical (unpaired) electrons. The molecule has 2 N–H and O–H groups in total. The first-order valence-electron chi connectivity index (χ1n) is 6.45. The van der Waals surface area contributed by atoms with Crippen molar-refractivity contribution in [2.75, 3.05) is 6.61 Å². The Morgan fingerprint density at radius 2 is 1.91 bits per heavy atom. The van der Waals surface area contributed by atoms with E-state index in [0.29, 0.717) is 11.3 Å². The third-order valence-corrected chi connectivity index (χ3v) is 3.39. The molecule has 0 fully saturated rings. The molecule has 1 aromatic carbocycles. The fourth-order valence-electron chi connectivity index (χ4n) is 2.09. The summed E-state index contributed by atoms with van der Waals surface area (Å²) in [6.07, 6.45) is 0. The molecule has 23 heavy (non-hydrogen) atoms. The lowest BCUT2D eigenvalue weighted by atomic mass is 9.95. The fourth-order valence-corrected chi connectivity index (χ4v) is 2.26. The number of amides is 2. The highest BCUT2D eigenvalue weighted by Crippen LogP contribution is 2.30. The summed E-state index contributed by atoms with van der Waals surface area (Å²) in [5.74, 6) is -1.19. The Morgan fingerprint density at radius 1 is 1.30 bits per heavy atom. The second-order valence-electron chi connectivity index (χ2n) is 4.81. The van der Waals surface area contributed by atoms with Gasteiger partial charge in [-0.1, -0.05) is 46.9 Å². The minimum atomic E-state index is -1.75. The van der Waals surface area contributed by atoms with Crippen LogP contribution in [0.25, 0.3) is 0 Å². The number of allylic oxidation sites excluding steroid dienone is 1. The van der Waals surface area contributed by atoms with Crippen LogP contribution in [0.1, 0.15) is 18.5 Å². The normalized spacial score (nSPS) is 18.3. The van der Waals surface area contributed by atoms with Crippen molar-refractivity contribution in [3.05, 3.63) is 46.9 Å². The maximum Gasteiger partial charge on any atom is 0.338 e. The van der Waals surface area contributed by atoms with Crippen molar-refractivity contribution in [2.45, 2.75) is 16.8 Å². The molecule has 0 bridgehead atoms. The SMILES string of the molecule is CC1=C(C(=O)OCC(Cl)(Cl)Cl)[C@@H](c2ccc(F)cc2)NC(=O)N1. The van der Waals surface area contributed by atoms with Crippen molar-refractivity contribution in [3.8, 4) is 0 Å². The van der Waals surface area contributed by atoms with E-state index in [9.17, 15) is 14.0 Å². The van der Waals surface area contributed by atoms with Gasteiger partial charge in [-0.05, 0) is 24.6 Å². The number of carbonyl (C=O) groups is 2. The van der Waals surface area contributed by atoms with E-state index in [1.807, 2.05) is 0 Å². The molecule has 1 atom stereocenters. The molecule has 0 saturated carbocycles. The molecule has 0 spiro atoms. The van der Waals surface area contributed by atoms with Gasteiger partial charge in [0.1, 0.15) is 12.4 Å². The van der Waals surface area contributed by atoms with Gasteiger partial charge >= 0.3 is 12.0 Å². The molecule has 2 amide bonds. The van der Waals surface area contributed by atoms with Crippen LogP contribution in [0, 0.1) is 5.82 Å². The van der Waals surface area contributed by atoms with E-state index in [-0.39, 0.29) is 5.57 Å². The number of halogens is 4. The topological polar surface area (TPSA) is 67.4 Å². The Kier molecular flexibility index (Phi) is 5.39. The average molecular weight is 382 g/mol. The van der Waals surface area contributed by atoms with Gasteiger partial charge in [0.2, 0.25) is 3.79 Å². The van der Waals surface area contributed by atoms with Gasteiger partial charge in [0.25, 0.3) is 0 Å². The smallest absolute Gasteiger partial charge is 0.338 e. The molecule has 5 nitrogen and oxygen atoms in total. The van der Waals surface area contributed by atoms with Crippen LogP contribution in [-0.2, 0) is 9.53 Å². The average Bonchev–Trinajstić information content (AvgIpc) is 2.44. The number of urea groups is 1. The zero-order chi connectivity index (χ0) is 17.2. The highest BCUT2D eigenvalue weighted by molar-refractivity contribution is 6.67. The Bertz CT molecular complexity index is 656. The van der Waals surface area contributed by atoms with Crippen LogP contribution in [-0.4, -0.2) is 22.4 Å². The lowest BCUT2D eigenvalue weighted by Gasteiger charge is -2.28. The molecular formula is C14H12Cl3FN2O3. The second kappa shape index (κ2) is 6.95. The molecular weight excluding hydrogens is 370 g/mol. The molecule has 0 aliphatic carbocycles. The van der Waals surface area contributed by atoms with Crippen LogP contribution >= 0.6 is 34.8 Å². The summed E-state index contributed by atoms with van der Waals surface area (Å²) in [4.78, 5) is 24.0. The number of hydrogen-bond donors (Lipinski definition) is 2. The molecule has 1 aromatic rings. The van der Waals surface area contributed by atoms with E-state index in [1.54, 1.807) is 6.92 Å². The standard InChI is InChI=1S/C14H12Cl3FN2O3/c1-7-10(12(21)23-6-14(15,16)17)11(20-13(22)19-7)8-2-4-9(18)5-3-8/h2-5,11H,6H2,1H3,(H2,19,20,22)/t11-/m1/s1. The lowest BCUT2D eigenvalue weighted by molar-refractivity contribution is -0.139. The first kappa shape index (κ1) is 17.8. The van der Waals surface area contributed by atoms with Gasteiger partial charge in [0.05, 0.1) is 11.6 Å². The van der Waals surface area contributed by atoms with Crippen LogP contribution in [0.15, 0.2) is 35.5 Å². The van der Waals surface area contributed by atoms with Crippen molar-refractivity contribution < 1.29 is 18.7 Å². The van der Waals surface area contributed by atoms with Crippen molar-refractivity contribution in [2.24, 2.45) is 0 Å². The number of benzene rings is 1. The molecule has 0 unspecified atom stereocenters. The minimum absolute atomic E-state index is 0.144. The summed E-state index contributed by atoms with van der Waals surface area (Å²) in [5, 5.41) is 5.05. The number of nitrogens with one attached hydrogen (secondary N) is 2. The Hall–Kier alpha value is -1.50. The van der Waals surface area contributed by atoms with Gasteiger partial charge in [0, 0.05) is 5.70 Å². The maximum atomic E-state index is 13.1. The van der Waals surface area contributed by atoms with E-state index in [0.717, 1.165) is 0 Å². The van der Waals surface area contributed by atoms with Crippen LogP contribution in [0.2, 0.25) is 0 Å². The zero-order valence-electron chi connectivity index (χ0n) is 11.8. The molecule has 9 heteroatoms. The largest absolute Gasteiger partial charge is 0.458 e. The van der Waals surface area contributed by atoms with Crippen LogP contribution in [0.3, 0.4) is 0 Å². The molecule has 0 saturated heterocycles. The Morgan fingerprint density at radius 3 is 2.48 bits per heavy atom. The van der Waals surface area contributed by atoms with Crippen molar-refractivity contribution >= 4 is 46.8 Å². The second-order valence-corrected chi connectivity index (χ2v) is 7.33. The summed E-state index contributed by atoms with van der Waals surface area (Å²) >= 11 is 16.7. The Labute approximate surface area is 146 Å². The highest BCUT2D eigenvalue weighted by Gasteiger charge is 2.33. The Balaban J connectivity index is 2.31. The summed E-state index contributed by atoms with van der Waals surface area (Å²) in [6, 6.07) is 4.08. The minimum Gasteiger partial charge on any atom is -0.458 e. The summed E-state index contributed by atoms with van der Waals surface area (Å²) in [7, 11) is 0. The maximum absolute atomic E-state index is 13.1. The number of esters is 1. The first-order chi connectivity index (χ1) is 10.7. The number of alkyl halides is 3. The fraction of sp³-hybridized carbons (Fsp3) is 0.286. The molecule has 1 heterocycles. The number of carbonyl (C=O) groups excluding carboxylic acids is 2. The van der Waals surface area contributed by atoms with Crippen LogP contribution < -0.4 is 10.6 Å². The monoisotopic (exact) mass is 380 g/mol. The third kappa shape index (κ3) is 4.73. The first-order valence-corrected chi connectivity index (χ1v) is 7.58. The van der Waals surface area contributed by atoms with E-state index in [1.165, 1.54) is 24.3 Å². The predicted molar refractivity (Wildman–Crippen MR) is 84.8 cm³/mol. The summed E-state index contributed by atoms with van der Waals surface area (Å²) in [5.41, 5.74) is 0.962. The number of hydrogen-bond acceptors (Lipinski definition) is 3. The summed E-state index contributed by atoms with van der Waals surface area (Å²) in [6.45, 7) is 1.10. The predicted octanol–water partition coefficient (Wildman–Crippen LogP) is 3.37. The van der Waals surface area contributed by atoms with E-state index < -0.39 is 34.3 Å². The van der Waals surface area contributed by atoms with Gasteiger partial charge in [0.15, 0.2) is 0 Å². The van der Waals surface area contributed by atoms with Gasteiger partial charge < -0.3 is 15.4 Å². The molecule has 1 aliphatic heterocycles. The lowest BCUT2D eigenvalue weighted by Crippen LogP contribution is -2.45. The van der Waals surface area contributed by atoms with Crippen molar-refractivity contribution in [1.29, 1.82) is 0 Å². The van der Waals surface area contributed by atoms with E-state index >= 15 is 0 Å². The summed E-state index contributed by atoms with van der Waals surface area (Å²) < 4.78 is 16.3. The van der Waals surface area contributed by atoms with Gasteiger partial charge in [-0.3, -0.25) is 0 Å². The third-order valence-electron chi connectivity index (χ3n) is 3.06. The van der Waals surface area contributed by atoms with E-state index in [2.05, 4.69) is 10.6 Å². The van der Waals surface area contributed by atoms with Gasteiger partial charge in [-0.15, -0.1) is 0 Å².